The van der Waals surface area contributed by atoms with Gasteiger partial charge in [0.2, 0.25) is 0 Å². The number of benzene rings is 1. The van der Waals surface area contributed by atoms with Gasteiger partial charge in [-0.3, -0.25) is 0 Å². The van der Waals surface area contributed by atoms with Crippen molar-refractivity contribution in [1.82, 2.24) is 0 Å². The summed E-state index contributed by atoms with van der Waals surface area (Å²) in [4.78, 5) is 2.28. The molecule has 0 atom stereocenters. The van der Waals surface area contributed by atoms with Gasteiger partial charge in [0.1, 0.15) is 5.82 Å². The van der Waals surface area contributed by atoms with Crippen LogP contribution in [0.1, 0.15) is 19.8 Å². The number of nitrogens with zero attached hydrogens (tertiary/aromatic N) is 1. The number of anilines is 1. The van der Waals surface area contributed by atoms with Crippen LogP contribution >= 0.6 is 0 Å². The van der Waals surface area contributed by atoms with Gasteiger partial charge >= 0.3 is 0 Å². The van der Waals surface area contributed by atoms with Crippen LogP contribution in [0.3, 0.4) is 0 Å². The molecule has 0 amide bonds. The standard InChI is InChI=1S/C12H17FN2/c1-2-15(12(9-14)7-8-12)11-5-3-10(13)4-6-11/h3-6H,2,7-9,14H2,1H3. The fraction of sp³-hybridized carbons (Fsp3) is 0.500. The summed E-state index contributed by atoms with van der Waals surface area (Å²) in [6.45, 7) is 3.71. The molecule has 3 heteroatoms. The molecule has 0 unspecified atom stereocenters. The van der Waals surface area contributed by atoms with E-state index in [9.17, 15) is 4.39 Å². The average molecular weight is 208 g/mol. The molecule has 0 radical (unpaired) electrons. The van der Waals surface area contributed by atoms with Gasteiger partial charge in [-0.2, -0.15) is 0 Å². The van der Waals surface area contributed by atoms with Crippen LogP contribution in [-0.4, -0.2) is 18.6 Å². The van der Waals surface area contributed by atoms with E-state index >= 15 is 0 Å². The molecule has 0 aromatic heterocycles. The number of likely N-dealkylation sites (N-methyl/N-ethyl adjacent to an activating group) is 1. The van der Waals surface area contributed by atoms with E-state index in [1.807, 2.05) is 12.1 Å². The van der Waals surface area contributed by atoms with Crippen LogP contribution in [-0.2, 0) is 0 Å². The maximum Gasteiger partial charge on any atom is 0.123 e. The molecule has 0 spiro atoms. The van der Waals surface area contributed by atoms with E-state index in [-0.39, 0.29) is 11.4 Å². The van der Waals surface area contributed by atoms with Crippen molar-refractivity contribution in [2.24, 2.45) is 5.73 Å². The Kier molecular flexibility index (Phi) is 2.65. The topological polar surface area (TPSA) is 29.3 Å². The number of hydrogen-bond donors (Lipinski definition) is 1. The quantitative estimate of drug-likeness (QED) is 0.821. The molecule has 0 bridgehead atoms. The van der Waals surface area contributed by atoms with Gasteiger partial charge in [-0.15, -0.1) is 0 Å². The number of nitrogens with two attached hydrogens (primary N) is 1. The van der Waals surface area contributed by atoms with Gasteiger partial charge in [0.25, 0.3) is 0 Å². The average Bonchev–Trinajstić information content (AvgIpc) is 3.03. The van der Waals surface area contributed by atoms with Gasteiger partial charge in [-0.05, 0) is 44.0 Å². The molecule has 82 valence electrons. The zero-order chi connectivity index (χ0) is 10.9. The van der Waals surface area contributed by atoms with Crippen LogP contribution in [0.4, 0.5) is 10.1 Å². The highest BCUT2D eigenvalue weighted by Gasteiger charge is 2.46. The minimum atomic E-state index is -0.188. The second-order valence-corrected chi connectivity index (χ2v) is 4.15. The number of rotatable bonds is 4. The van der Waals surface area contributed by atoms with Crippen LogP contribution in [0.25, 0.3) is 0 Å². The lowest BCUT2D eigenvalue weighted by Gasteiger charge is -2.32. The normalized spacial score (nSPS) is 17.5. The summed E-state index contributed by atoms with van der Waals surface area (Å²) in [5, 5.41) is 0. The SMILES string of the molecule is CCN(c1ccc(F)cc1)C1(CN)CC1. The molecule has 15 heavy (non-hydrogen) atoms. The van der Waals surface area contributed by atoms with Crippen molar-refractivity contribution < 1.29 is 4.39 Å². The third-order valence-corrected chi connectivity index (χ3v) is 3.23. The Labute approximate surface area is 89.9 Å². The van der Waals surface area contributed by atoms with Crippen molar-refractivity contribution in [3.8, 4) is 0 Å². The Hall–Kier alpha value is -1.09. The molecule has 0 heterocycles. The minimum absolute atomic E-state index is 0.145. The highest BCUT2D eigenvalue weighted by molar-refractivity contribution is 5.51. The minimum Gasteiger partial charge on any atom is -0.365 e. The molecule has 2 N–H and O–H groups in total. The third kappa shape index (κ3) is 1.84. The Bertz CT molecular complexity index is 330. The van der Waals surface area contributed by atoms with E-state index in [2.05, 4.69) is 11.8 Å². The van der Waals surface area contributed by atoms with Gasteiger partial charge in [0.15, 0.2) is 0 Å². The molecule has 1 aliphatic carbocycles. The predicted molar refractivity (Wildman–Crippen MR) is 60.4 cm³/mol. The lowest BCUT2D eigenvalue weighted by molar-refractivity contribution is 0.599. The molecular formula is C12H17FN2. The fourth-order valence-corrected chi connectivity index (χ4v) is 2.14. The van der Waals surface area contributed by atoms with E-state index in [1.165, 1.54) is 12.1 Å². The first-order chi connectivity index (χ1) is 7.22. The van der Waals surface area contributed by atoms with E-state index < -0.39 is 0 Å². The van der Waals surface area contributed by atoms with Gasteiger partial charge in [0.05, 0.1) is 5.54 Å². The maximum absolute atomic E-state index is 12.8. The van der Waals surface area contributed by atoms with E-state index in [0.717, 1.165) is 25.1 Å². The first-order valence-corrected chi connectivity index (χ1v) is 5.45. The second-order valence-electron chi connectivity index (χ2n) is 4.15. The van der Waals surface area contributed by atoms with Gasteiger partial charge in [-0.25, -0.2) is 4.39 Å². The summed E-state index contributed by atoms with van der Waals surface area (Å²) < 4.78 is 12.8. The van der Waals surface area contributed by atoms with Crippen molar-refractivity contribution >= 4 is 5.69 Å². The molecule has 1 aliphatic rings. The van der Waals surface area contributed by atoms with Crippen molar-refractivity contribution in [3.63, 3.8) is 0 Å². The maximum atomic E-state index is 12.8. The molecule has 2 nitrogen and oxygen atoms in total. The lowest BCUT2D eigenvalue weighted by Crippen LogP contribution is -2.43. The zero-order valence-corrected chi connectivity index (χ0v) is 9.04. The van der Waals surface area contributed by atoms with Crippen LogP contribution in [0.2, 0.25) is 0 Å². The Balaban J connectivity index is 2.23. The van der Waals surface area contributed by atoms with E-state index in [1.54, 1.807) is 0 Å². The van der Waals surface area contributed by atoms with Crippen LogP contribution < -0.4 is 10.6 Å². The third-order valence-electron chi connectivity index (χ3n) is 3.23. The largest absolute Gasteiger partial charge is 0.365 e. The van der Waals surface area contributed by atoms with Crippen molar-refractivity contribution in [3.05, 3.63) is 30.1 Å². The lowest BCUT2D eigenvalue weighted by atomic mass is 10.2. The highest BCUT2D eigenvalue weighted by atomic mass is 19.1. The van der Waals surface area contributed by atoms with Crippen molar-refractivity contribution in [1.29, 1.82) is 0 Å². The molecule has 1 aromatic rings. The van der Waals surface area contributed by atoms with Crippen molar-refractivity contribution in [2.45, 2.75) is 25.3 Å². The highest BCUT2D eigenvalue weighted by Crippen LogP contribution is 2.42. The predicted octanol–water partition coefficient (Wildman–Crippen LogP) is 2.14. The Morgan fingerprint density at radius 2 is 1.93 bits per heavy atom. The fourth-order valence-electron chi connectivity index (χ4n) is 2.14. The van der Waals surface area contributed by atoms with E-state index in [4.69, 9.17) is 5.73 Å². The molecule has 1 aromatic carbocycles. The monoisotopic (exact) mass is 208 g/mol. The Morgan fingerprint density at radius 1 is 1.33 bits per heavy atom. The summed E-state index contributed by atoms with van der Waals surface area (Å²) >= 11 is 0. The molecule has 2 rings (SSSR count). The smallest absolute Gasteiger partial charge is 0.123 e. The van der Waals surface area contributed by atoms with Gasteiger partial charge in [-0.1, -0.05) is 0 Å². The summed E-state index contributed by atoms with van der Waals surface area (Å²) in [5.74, 6) is -0.188. The zero-order valence-electron chi connectivity index (χ0n) is 9.04. The van der Waals surface area contributed by atoms with Gasteiger partial charge < -0.3 is 10.6 Å². The molecule has 0 aliphatic heterocycles. The van der Waals surface area contributed by atoms with Crippen molar-refractivity contribution in [2.75, 3.05) is 18.0 Å². The second kappa shape index (κ2) is 3.81. The number of hydrogen-bond acceptors (Lipinski definition) is 2. The summed E-state index contributed by atoms with van der Waals surface area (Å²) in [6, 6.07) is 6.66. The molecule has 1 saturated carbocycles. The summed E-state index contributed by atoms with van der Waals surface area (Å²) in [6.07, 6.45) is 2.30. The van der Waals surface area contributed by atoms with Crippen LogP contribution in [0.5, 0.6) is 0 Å². The molecule has 0 saturated heterocycles. The molecule has 1 fully saturated rings. The van der Waals surface area contributed by atoms with Crippen LogP contribution in [0, 0.1) is 5.82 Å². The van der Waals surface area contributed by atoms with E-state index in [0.29, 0.717) is 6.54 Å². The summed E-state index contributed by atoms with van der Waals surface area (Å²) in [5.41, 5.74) is 7.01. The first kappa shape index (κ1) is 10.4. The van der Waals surface area contributed by atoms with Gasteiger partial charge in [0, 0.05) is 18.8 Å². The summed E-state index contributed by atoms with van der Waals surface area (Å²) in [7, 11) is 0. The number of halogens is 1. The molecular weight excluding hydrogens is 191 g/mol. The Morgan fingerprint density at radius 3 is 2.33 bits per heavy atom. The van der Waals surface area contributed by atoms with Crippen LogP contribution in [0.15, 0.2) is 24.3 Å². The first-order valence-electron chi connectivity index (χ1n) is 5.45.